The van der Waals surface area contributed by atoms with Gasteiger partial charge >= 0.3 is 0 Å². The van der Waals surface area contributed by atoms with E-state index >= 15 is 0 Å². The molecule has 0 bridgehead atoms. The Morgan fingerprint density at radius 3 is 2.89 bits per heavy atom. The van der Waals surface area contributed by atoms with Gasteiger partial charge in [-0.2, -0.15) is 0 Å². The number of aromatic nitrogens is 3. The van der Waals surface area contributed by atoms with Crippen LogP contribution in [-0.2, 0) is 6.54 Å². The Morgan fingerprint density at radius 2 is 2.06 bits per heavy atom. The summed E-state index contributed by atoms with van der Waals surface area (Å²) in [6.07, 6.45) is 3.54. The predicted octanol–water partition coefficient (Wildman–Crippen LogP) is 2.64. The van der Waals surface area contributed by atoms with Crippen LogP contribution in [0.15, 0.2) is 47.3 Å². The largest absolute Gasteiger partial charge is 0.326 e. The Labute approximate surface area is 113 Å². The number of hydrogen-bond acceptors (Lipinski definition) is 3. The molecule has 2 N–H and O–H groups in total. The molecule has 0 aliphatic heterocycles. The first kappa shape index (κ1) is 11.4. The molecule has 2 heterocycles. The van der Waals surface area contributed by atoms with Crippen molar-refractivity contribution >= 4 is 27.0 Å². The molecule has 90 valence electrons. The fourth-order valence-corrected chi connectivity index (χ4v) is 2.35. The Kier molecular flexibility index (Phi) is 2.85. The summed E-state index contributed by atoms with van der Waals surface area (Å²) >= 11 is 3.41. The van der Waals surface area contributed by atoms with Crippen LogP contribution < -0.4 is 5.73 Å². The van der Waals surface area contributed by atoms with E-state index in [-0.39, 0.29) is 0 Å². The molecule has 4 nitrogen and oxygen atoms in total. The Hall–Kier alpha value is -1.72. The maximum absolute atomic E-state index is 5.78. The molecule has 0 saturated carbocycles. The number of rotatable bonds is 2. The van der Waals surface area contributed by atoms with Gasteiger partial charge in [0.1, 0.15) is 12.1 Å². The SMILES string of the molecule is NCc1cc(Br)cnc1-n1cnc2ccccc21. The molecule has 5 heteroatoms. The topological polar surface area (TPSA) is 56.7 Å². The monoisotopic (exact) mass is 302 g/mol. The molecule has 0 unspecified atom stereocenters. The van der Waals surface area contributed by atoms with Crippen molar-refractivity contribution in [2.24, 2.45) is 5.73 Å². The van der Waals surface area contributed by atoms with Crippen molar-refractivity contribution in [3.8, 4) is 5.82 Å². The number of pyridine rings is 1. The lowest BCUT2D eigenvalue weighted by Crippen LogP contribution is -2.06. The second-order valence-electron chi connectivity index (χ2n) is 3.94. The number of benzene rings is 1. The minimum Gasteiger partial charge on any atom is -0.326 e. The van der Waals surface area contributed by atoms with Crippen LogP contribution in [0, 0.1) is 0 Å². The van der Waals surface area contributed by atoms with Crippen molar-refractivity contribution in [1.82, 2.24) is 14.5 Å². The summed E-state index contributed by atoms with van der Waals surface area (Å²) in [5.74, 6) is 0.828. The first-order valence-corrected chi connectivity index (χ1v) is 6.36. The van der Waals surface area contributed by atoms with Gasteiger partial charge in [0.15, 0.2) is 0 Å². The maximum Gasteiger partial charge on any atom is 0.142 e. The smallest absolute Gasteiger partial charge is 0.142 e. The summed E-state index contributed by atoms with van der Waals surface area (Å²) in [7, 11) is 0. The van der Waals surface area contributed by atoms with Crippen LogP contribution in [0.5, 0.6) is 0 Å². The summed E-state index contributed by atoms with van der Waals surface area (Å²) in [6.45, 7) is 0.439. The third-order valence-corrected chi connectivity index (χ3v) is 3.24. The van der Waals surface area contributed by atoms with Crippen LogP contribution in [0.25, 0.3) is 16.9 Å². The average Bonchev–Trinajstić information content (AvgIpc) is 2.82. The molecular formula is C13H11BrN4. The summed E-state index contributed by atoms with van der Waals surface area (Å²) in [5, 5.41) is 0. The van der Waals surface area contributed by atoms with E-state index in [9.17, 15) is 0 Å². The third-order valence-electron chi connectivity index (χ3n) is 2.81. The standard InChI is InChI=1S/C13H11BrN4/c14-10-5-9(6-15)13(16-7-10)18-8-17-11-3-1-2-4-12(11)18/h1-5,7-8H,6,15H2. The summed E-state index contributed by atoms with van der Waals surface area (Å²) in [4.78, 5) is 8.80. The third kappa shape index (κ3) is 1.81. The van der Waals surface area contributed by atoms with E-state index in [1.54, 1.807) is 12.5 Å². The molecule has 3 rings (SSSR count). The van der Waals surface area contributed by atoms with Gasteiger partial charge in [-0.3, -0.25) is 4.57 Å². The minimum atomic E-state index is 0.439. The second-order valence-corrected chi connectivity index (χ2v) is 4.86. The fourth-order valence-electron chi connectivity index (χ4n) is 1.97. The second kappa shape index (κ2) is 4.51. The van der Waals surface area contributed by atoms with Gasteiger partial charge in [-0.1, -0.05) is 12.1 Å². The van der Waals surface area contributed by atoms with E-state index in [1.165, 1.54) is 0 Å². The van der Waals surface area contributed by atoms with Gasteiger partial charge in [-0.15, -0.1) is 0 Å². The van der Waals surface area contributed by atoms with E-state index in [0.717, 1.165) is 26.9 Å². The number of fused-ring (bicyclic) bond motifs is 1. The molecule has 0 amide bonds. The van der Waals surface area contributed by atoms with Crippen LogP contribution in [0.1, 0.15) is 5.56 Å². The molecule has 0 atom stereocenters. The highest BCUT2D eigenvalue weighted by molar-refractivity contribution is 9.10. The number of nitrogens with two attached hydrogens (primary N) is 1. The highest BCUT2D eigenvalue weighted by Crippen LogP contribution is 2.21. The molecule has 0 fully saturated rings. The molecule has 0 spiro atoms. The average molecular weight is 303 g/mol. The first-order chi connectivity index (χ1) is 8.79. The number of para-hydroxylation sites is 2. The molecular weight excluding hydrogens is 292 g/mol. The van der Waals surface area contributed by atoms with Gasteiger partial charge in [0.05, 0.1) is 11.0 Å². The van der Waals surface area contributed by atoms with Gasteiger partial charge in [0.25, 0.3) is 0 Å². The lowest BCUT2D eigenvalue weighted by Gasteiger charge is -2.08. The molecule has 2 aromatic heterocycles. The molecule has 3 aromatic rings. The summed E-state index contributed by atoms with van der Waals surface area (Å²) < 4.78 is 2.89. The van der Waals surface area contributed by atoms with Crippen molar-refractivity contribution in [2.75, 3.05) is 0 Å². The maximum atomic E-state index is 5.78. The lowest BCUT2D eigenvalue weighted by molar-refractivity contribution is 0.948. The normalized spacial score (nSPS) is 11.0. The number of hydrogen-bond donors (Lipinski definition) is 1. The summed E-state index contributed by atoms with van der Waals surface area (Å²) in [5.41, 5.74) is 8.73. The van der Waals surface area contributed by atoms with Crippen molar-refractivity contribution in [2.45, 2.75) is 6.54 Å². The Morgan fingerprint density at radius 1 is 1.22 bits per heavy atom. The first-order valence-electron chi connectivity index (χ1n) is 5.56. The van der Waals surface area contributed by atoms with Crippen molar-refractivity contribution in [3.05, 3.63) is 52.9 Å². The number of nitrogens with zero attached hydrogens (tertiary/aromatic N) is 3. The van der Waals surface area contributed by atoms with E-state index < -0.39 is 0 Å². The number of halogens is 1. The zero-order valence-corrected chi connectivity index (χ0v) is 11.1. The highest BCUT2D eigenvalue weighted by Gasteiger charge is 2.09. The molecule has 0 saturated heterocycles. The van der Waals surface area contributed by atoms with Crippen LogP contribution >= 0.6 is 15.9 Å². The van der Waals surface area contributed by atoms with Gasteiger partial charge < -0.3 is 5.73 Å². The molecule has 0 aliphatic rings. The van der Waals surface area contributed by atoms with E-state index in [1.807, 2.05) is 34.9 Å². The lowest BCUT2D eigenvalue weighted by atomic mass is 10.2. The molecule has 0 aliphatic carbocycles. The van der Waals surface area contributed by atoms with E-state index in [4.69, 9.17) is 5.73 Å². The van der Waals surface area contributed by atoms with E-state index in [0.29, 0.717) is 6.54 Å². The zero-order valence-electron chi connectivity index (χ0n) is 9.55. The van der Waals surface area contributed by atoms with Crippen LogP contribution in [-0.4, -0.2) is 14.5 Å². The van der Waals surface area contributed by atoms with Crippen LogP contribution in [0.4, 0.5) is 0 Å². The highest BCUT2D eigenvalue weighted by atomic mass is 79.9. The predicted molar refractivity (Wildman–Crippen MR) is 74.5 cm³/mol. The van der Waals surface area contributed by atoms with Crippen molar-refractivity contribution in [3.63, 3.8) is 0 Å². The zero-order chi connectivity index (χ0) is 12.5. The fraction of sp³-hybridized carbons (Fsp3) is 0.0769. The van der Waals surface area contributed by atoms with E-state index in [2.05, 4.69) is 25.9 Å². The Bertz CT molecular complexity index is 705. The van der Waals surface area contributed by atoms with Gasteiger partial charge in [-0.25, -0.2) is 9.97 Å². The quantitative estimate of drug-likeness (QED) is 0.792. The van der Waals surface area contributed by atoms with Crippen LogP contribution in [0.3, 0.4) is 0 Å². The molecule has 18 heavy (non-hydrogen) atoms. The van der Waals surface area contributed by atoms with Gasteiger partial charge in [0.2, 0.25) is 0 Å². The van der Waals surface area contributed by atoms with Crippen molar-refractivity contribution < 1.29 is 0 Å². The van der Waals surface area contributed by atoms with Crippen molar-refractivity contribution in [1.29, 1.82) is 0 Å². The minimum absolute atomic E-state index is 0.439. The number of imidazole rings is 1. The molecule has 0 radical (unpaired) electrons. The van der Waals surface area contributed by atoms with Crippen LogP contribution in [0.2, 0.25) is 0 Å². The summed E-state index contributed by atoms with van der Waals surface area (Å²) in [6, 6.07) is 9.94. The van der Waals surface area contributed by atoms with Gasteiger partial charge in [0, 0.05) is 22.8 Å². The Balaban J connectivity index is 2.26. The van der Waals surface area contributed by atoms with Gasteiger partial charge in [-0.05, 0) is 34.1 Å². The molecule has 1 aromatic carbocycles.